The number of nitrogens with zero attached hydrogens (tertiary/aromatic N) is 3. The Labute approximate surface area is 115 Å². The Kier molecular flexibility index (Phi) is 5.84. The van der Waals surface area contributed by atoms with Gasteiger partial charge in [0.2, 0.25) is 11.9 Å². The van der Waals surface area contributed by atoms with E-state index < -0.39 is 0 Å². The average Bonchev–Trinajstić information content (AvgIpc) is 2.33. The minimum atomic E-state index is 0.0829. The van der Waals surface area contributed by atoms with Gasteiger partial charge in [0.25, 0.3) is 0 Å². The molecule has 0 aromatic carbocycles. The Morgan fingerprint density at radius 3 is 2.78 bits per heavy atom. The summed E-state index contributed by atoms with van der Waals surface area (Å²) in [6.07, 6.45) is 2.11. The molecule has 1 amide bonds. The molecule has 0 aliphatic heterocycles. The minimum absolute atomic E-state index is 0.0829. The summed E-state index contributed by atoms with van der Waals surface area (Å²) in [6.45, 7) is 3.28. The van der Waals surface area contributed by atoms with Crippen molar-refractivity contribution in [2.45, 2.75) is 13.3 Å². The Morgan fingerprint density at radius 1 is 1.44 bits per heavy atom. The summed E-state index contributed by atoms with van der Waals surface area (Å²) in [5, 5.41) is 6.15. The lowest BCUT2D eigenvalue weighted by molar-refractivity contribution is -0.128. The molecule has 0 saturated heterocycles. The zero-order valence-corrected chi connectivity index (χ0v) is 12.4. The van der Waals surface area contributed by atoms with Crippen LogP contribution >= 0.6 is 15.9 Å². The van der Waals surface area contributed by atoms with Crippen LogP contribution in [0.25, 0.3) is 0 Å². The Bertz CT molecular complexity index is 410. The van der Waals surface area contributed by atoms with Crippen molar-refractivity contribution in [3.63, 3.8) is 0 Å². The summed E-state index contributed by atoms with van der Waals surface area (Å²) < 4.78 is 0.779. The van der Waals surface area contributed by atoms with Crippen LogP contribution in [0.5, 0.6) is 0 Å². The van der Waals surface area contributed by atoms with Gasteiger partial charge in [-0.1, -0.05) is 0 Å². The van der Waals surface area contributed by atoms with Gasteiger partial charge >= 0.3 is 0 Å². The first-order valence-corrected chi connectivity index (χ1v) is 6.54. The molecule has 2 N–H and O–H groups in total. The van der Waals surface area contributed by atoms with Crippen molar-refractivity contribution in [1.29, 1.82) is 0 Å². The second-order valence-corrected chi connectivity index (χ2v) is 4.74. The predicted octanol–water partition coefficient (Wildman–Crippen LogP) is 1.56. The van der Waals surface area contributed by atoms with Crippen LogP contribution in [0.4, 0.5) is 11.8 Å². The first-order valence-electron chi connectivity index (χ1n) is 5.75. The minimum Gasteiger partial charge on any atom is -0.368 e. The van der Waals surface area contributed by atoms with E-state index in [0.717, 1.165) is 11.0 Å². The molecular weight excluding hydrogens is 298 g/mol. The highest BCUT2D eigenvalue weighted by Crippen LogP contribution is 2.19. The molecule has 1 aromatic heterocycles. The van der Waals surface area contributed by atoms with Crippen LogP contribution in [0, 0.1) is 0 Å². The molecule has 7 heteroatoms. The fraction of sp³-hybridized carbons (Fsp3) is 0.545. The maximum absolute atomic E-state index is 11.4. The number of hydrogen-bond donors (Lipinski definition) is 2. The van der Waals surface area contributed by atoms with Gasteiger partial charge in [0.15, 0.2) is 0 Å². The van der Waals surface area contributed by atoms with Crippen LogP contribution in [-0.4, -0.2) is 48.0 Å². The highest BCUT2D eigenvalue weighted by molar-refractivity contribution is 9.10. The van der Waals surface area contributed by atoms with E-state index >= 15 is 0 Å². The second-order valence-electron chi connectivity index (χ2n) is 3.89. The van der Waals surface area contributed by atoms with Crippen molar-refractivity contribution in [1.82, 2.24) is 14.9 Å². The largest absolute Gasteiger partial charge is 0.368 e. The number of nitrogens with one attached hydrogen (secondary N) is 2. The van der Waals surface area contributed by atoms with E-state index in [4.69, 9.17) is 0 Å². The van der Waals surface area contributed by atoms with Gasteiger partial charge < -0.3 is 15.5 Å². The van der Waals surface area contributed by atoms with Gasteiger partial charge in [0.1, 0.15) is 5.82 Å². The summed E-state index contributed by atoms with van der Waals surface area (Å²) in [7, 11) is 3.48. The lowest BCUT2D eigenvalue weighted by Gasteiger charge is -2.12. The van der Waals surface area contributed by atoms with Crippen LogP contribution in [0.3, 0.4) is 0 Å². The third-order valence-corrected chi connectivity index (χ3v) is 2.79. The molecule has 0 aliphatic rings. The van der Waals surface area contributed by atoms with Gasteiger partial charge in [-0.25, -0.2) is 4.98 Å². The molecule has 0 saturated carbocycles. The fourth-order valence-corrected chi connectivity index (χ4v) is 1.58. The predicted molar refractivity (Wildman–Crippen MR) is 75.7 cm³/mol. The summed E-state index contributed by atoms with van der Waals surface area (Å²) in [5.74, 6) is 1.34. The molecule has 0 unspecified atom stereocenters. The van der Waals surface area contributed by atoms with Gasteiger partial charge in [-0.2, -0.15) is 4.98 Å². The lowest BCUT2D eigenvalue weighted by Crippen LogP contribution is -2.24. The number of carbonyl (C=O) groups is 1. The number of halogens is 1. The van der Waals surface area contributed by atoms with Gasteiger partial charge in [-0.3, -0.25) is 4.79 Å². The van der Waals surface area contributed by atoms with Crippen LogP contribution in [0.1, 0.15) is 13.3 Å². The monoisotopic (exact) mass is 315 g/mol. The molecule has 0 aliphatic carbocycles. The third kappa shape index (κ3) is 4.48. The molecule has 6 nitrogen and oxygen atoms in total. The molecule has 1 aromatic rings. The van der Waals surface area contributed by atoms with Crippen molar-refractivity contribution < 1.29 is 4.79 Å². The van der Waals surface area contributed by atoms with Crippen molar-refractivity contribution in [2.24, 2.45) is 0 Å². The SMILES string of the molecule is CCNc1ncc(Br)c(NCCC(=O)N(C)C)n1. The number of amides is 1. The number of carbonyl (C=O) groups excluding carboxylic acids is 1. The van der Waals surface area contributed by atoms with Gasteiger partial charge in [0.05, 0.1) is 4.47 Å². The van der Waals surface area contributed by atoms with Crippen LogP contribution < -0.4 is 10.6 Å². The first kappa shape index (κ1) is 14.7. The number of rotatable bonds is 6. The molecule has 0 radical (unpaired) electrons. The quantitative estimate of drug-likeness (QED) is 0.833. The number of aromatic nitrogens is 2. The highest BCUT2D eigenvalue weighted by atomic mass is 79.9. The van der Waals surface area contributed by atoms with Gasteiger partial charge in [0, 0.05) is 39.8 Å². The van der Waals surface area contributed by atoms with E-state index in [9.17, 15) is 4.79 Å². The fourth-order valence-electron chi connectivity index (χ4n) is 1.25. The van der Waals surface area contributed by atoms with Gasteiger partial charge in [-0.05, 0) is 22.9 Å². The maximum atomic E-state index is 11.4. The van der Waals surface area contributed by atoms with Gasteiger partial charge in [-0.15, -0.1) is 0 Å². The topological polar surface area (TPSA) is 70.2 Å². The summed E-state index contributed by atoms with van der Waals surface area (Å²) in [6, 6.07) is 0. The maximum Gasteiger partial charge on any atom is 0.224 e. The van der Waals surface area contributed by atoms with E-state index in [-0.39, 0.29) is 5.91 Å². The summed E-state index contributed by atoms with van der Waals surface area (Å²) in [4.78, 5) is 21.4. The molecular formula is C11H18BrN5O. The van der Waals surface area contributed by atoms with E-state index in [1.54, 1.807) is 25.2 Å². The zero-order valence-electron chi connectivity index (χ0n) is 10.8. The van der Waals surface area contributed by atoms with E-state index in [1.165, 1.54) is 0 Å². The Hall–Kier alpha value is -1.37. The molecule has 18 heavy (non-hydrogen) atoms. The molecule has 100 valence electrons. The summed E-state index contributed by atoms with van der Waals surface area (Å²) >= 11 is 3.37. The van der Waals surface area contributed by atoms with Crippen LogP contribution in [0.2, 0.25) is 0 Å². The van der Waals surface area contributed by atoms with E-state index in [0.29, 0.717) is 24.7 Å². The van der Waals surface area contributed by atoms with Crippen LogP contribution in [-0.2, 0) is 4.79 Å². The lowest BCUT2D eigenvalue weighted by atomic mass is 10.4. The molecule has 0 spiro atoms. The van der Waals surface area contributed by atoms with Crippen molar-refractivity contribution in [3.05, 3.63) is 10.7 Å². The average molecular weight is 316 g/mol. The molecule has 0 fully saturated rings. The number of hydrogen-bond acceptors (Lipinski definition) is 5. The smallest absolute Gasteiger partial charge is 0.224 e. The van der Waals surface area contributed by atoms with E-state index in [2.05, 4.69) is 36.5 Å². The zero-order chi connectivity index (χ0) is 13.5. The highest BCUT2D eigenvalue weighted by Gasteiger charge is 2.06. The third-order valence-electron chi connectivity index (χ3n) is 2.21. The molecule has 0 atom stereocenters. The van der Waals surface area contributed by atoms with Crippen LogP contribution in [0.15, 0.2) is 10.7 Å². The standard InChI is InChI=1S/C11H18BrN5O/c1-4-13-11-15-7-8(12)10(16-11)14-6-5-9(18)17(2)3/h7H,4-6H2,1-3H3,(H2,13,14,15,16). The van der Waals surface area contributed by atoms with Crippen molar-refractivity contribution in [2.75, 3.05) is 37.8 Å². The first-order chi connectivity index (χ1) is 8.54. The normalized spacial score (nSPS) is 10.0. The second kappa shape index (κ2) is 7.15. The Morgan fingerprint density at radius 2 is 2.17 bits per heavy atom. The Balaban J connectivity index is 2.55. The molecule has 0 bridgehead atoms. The van der Waals surface area contributed by atoms with E-state index in [1.807, 2.05) is 6.92 Å². The van der Waals surface area contributed by atoms with Crippen molar-refractivity contribution >= 4 is 33.6 Å². The summed E-state index contributed by atoms with van der Waals surface area (Å²) in [5.41, 5.74) is 0. The molecule has 1 rings (SSSR count). The number of anilines is 2. The van der Waals surface area contributed by atoms with Crippen molar-refractivity contribution in [3.8, 4) is 0 Å². The molecule has 1 heterocycles.